The molecule has 1 aliphatic heterocycles. The van der Waals surface area contributed by atoms with Crippen LogP contribution in [0.15, 0.2) is 46.9 Å². The summed E-state index contributed by atoms with van der Waals surface area (Å²) in [6.45, 7) is 0. The van der Waals surface area contributed by atoms with Gasteiger partial charge in [0.25, 0.3) is 11.6 Å². The molecule has 0 spiro atoms. The van der Waals surface area contributed by atoms with Crippen LogP contribution >= 0.6 is 15.9 Å². The van der Waals surface area contributed by atoms with E-state index in [2.05, 4.69) is 21.2 Å². The van der Waals surface area contributed by atoms with Crippen molar-refractivity contribution in [2.75, 3.05) is 5.32 Å². The number of nitrogens with one attached hydrogen (secondary N) is 1. The van der Waals surface area contributed by atoms with E-state index in [9.17, 15) is 20.0 Å². The number of non-ortho nitro benzene ring substituents is 1. The van der Waals surface area contributed by atoms with Gasteiger partial charge in [0.1, 0.15) is 0 Å². The smallest absolute Gasteiger partial charge is 0.269 e. The second-order valence-corrected chi connectivity index (χ2v) is 6.02. The van der Waals surface area contributed by atoms with Crippen molar-refractivity contribution in [1.82, 2.24) is 0 Å². The Morgan fingerprint density at radius 2 is 2.05 bits per heavy atom. The van der Waals surface area contributed by atoms with Crippen molar-refractivity contribution >= 4 is 33.2 Å². The number of aliphatic hydroxyl groups is 1. The van der Waals surface area contributed by atoms with Gasteiger partial charge in [-0.3, -0.25) is 14.9 Å². The average molecular weight is 363 g/mol. The highest BCUT2D eigenvalue weighted by Gasteiger charge is 2.45. The molecule has 0 radical (unpaired) electrons. The van der Waals surface area contributed by atoms with E-state index in [1.54, 1.807) is 24.3 Å². The molecule has 6 nitrogen and oxygen atoms in total. The number of nitro groups is 1. The quantitative estimate of drug-likeness (QED) is 0.648. The highest BCUT2D eigenvalue weighted by atomic mass is 79.9. The van der Waals surface area contributed by atoms with Crippen molar-refractivity contribution in [3.63, 3.8) is 0 Å². The van der Waals surface area contributed by atoms with Gasteiger partial charge in [-0.2, -0.15) is 0 Å². The van der Waals surface area contributed by atoms with E-state index in [0.29, 0.717) is 16.8 Å². The summed E-state index contributed by atoms with van der Waals surface area (Å²) < 4.78 is 0.736. The van der Waals surface area contributed by atoms with Crippen molar-refractivity contribution < 1.29 is 14.8 Å². The number of anilines is 1. The molecule has 0 aliphatic carbocycles. The molecular formula is C15H11BrN2O4. The van der Waals surface area contributed by atoms with Crippen LogP contribution in [0.3, 0.4) is 0 Å². The zero-order valence-corrected chi connectivity index (χ0v) is 12.8. The fourth-order valence-corrected chi connectivity index (χ4v) is 2.93. The van der Waals surface area contributed by atoms with Crippen LogP contribution < -0.4 is 5.32 Å². The molecule has 22 heavy (non-hydrogen) atoms. The Morgan fingerprint density at radius 3 is 2.77 bits per heavy atom. The molecule has 1 heterocycles. The minimum atomic E-state index is -1.74. The molecule has 0 fully saturated rings. The molecule has 2 aromatic carbocycles. The molecule has 3 rings (SSSR count). The summed E-state index contributed by atoms with van der Waals surface area (Å²) in [5.41, 5.74) is -0.304. The lowest BCUT2D eigenvalue weighted by atomic mass is 9.88. The molecule has 0 unspecified atom stereocenters. The Bertz CT molecular complexity index is 793. The molecule has 2 aromatic rings. The molecule has 2 N–H and O–H groups in total. The molecular weight excluding hydrogens is 352 g/mol. The van der Waals surface area contributed by atoms with E-state index in [4.69, 9.17) is 0 Å². The summed E-state index contributed by atoms with van der Waals surface area (Å²) >= 11 is 3.31. The number of nitrogens with zero attached hydrogens (tertiary/aromatic N) is 1. The lowest BCUT2D eigenvalue weighted by Gasteiger charge is -2.21. The zero-order chi connectivity index (χ0) is 15.9. The van der Waals surface area contributed by atoms with E-state index in [-0.39, 0.29) is 12.1 Å². The van der Waals surface area contributed by atoms with E-state index in [0.717, 1.165) is 4.47 Å². The third-order valence-corrected chi connectivity index (χ3v) is 4.13. The Labute approximate surface area is 134 Å². The highest BCUT2D eigenvalue weighted by molar-refractivity contribution is 9.10. The van der Waals surface area contributed by atoms with Crippen LogP contribution in [0.2, 0.25) is 0 Å². The number of nitro benzene ring substituents is 1. The van der Waals surface area contributed by atoms with Gasteiger partial charge in [-0.25, -0.2) is 0 Å². The van der Waals surface area contributed by atoms with Gasteiger partial charge < -0.3 is 10.4 Å². The Hall–Kier alpha value is -2.25. The summed E-state index contributed by atoms with van der Waals surface area (Å²) in [6, 6.07) is 11.0. The molecule has 0 saturated carbocycles. The van der Waals surface area contributed by atoms with Gasteiger partial charge in [0, 0.05) is 34.3 Å². The van der Waals surface area contributed by atoms with Gasteiger partial charge in [-0.15, -0.1) is 0 Å². The van der Waals surface area contributed by atoms with Gasteiger partial charge in [0.15, 0.2) is 5.60 Å². The highest BCUT2D eigenvalue weighted by Crippen LogP contribution is 2.40. The van der Waals surface area contributed by atoms with E-state index in [1.165, 1.54) is 18.2 Å². The largest absolute Gasteiger partial charge is 0.375 e. The fourth-order valence-electron chi connectivity index (χ4n) is 2.57. The van der Waals surface area contributed by atoms with Crippen LogP contribution in [0, 0.1) is 10.1 Å². The van der Waals surface area contributed by atoms with Crippen LogP contribution in [-0.2, 0) is 16.8 Å². The Morgan fingerprint density at radius 1 is 1.27 bits per heavy atom. The maximum Gasteiger partial charge on any atom is 0.269 e. The zero-order valence-electron chi connectivity index (χ0n) is 11.2. The lowest BCUT2D eigenvalue weighted by molar-refractivity contribution is -0.384. The molecule has 1 amide bonds. The average Bonchev–Trinajstić information content (AvgIpc) is 2.71. The third-order valence-electron chi connectivity index (χ3n) is 3.63. The number of carbonyl (C=O) groups is 1. The molecule has 1 aliphatic rings. The number of carbonyl (C=O) groups excluding carboxylic acids is 1. The van der Waals surface area contributed by atoms with Gasteiger partial charge in [0.05, 0.1) is 4.92 Å². The van der Waals surface area contributed by atoms with E-state index >= 15 is 0 Å². The summed E-state index contributed by atoms with van der Waals surface area (Å²) in [5, 5.41) is 24.3. The number of fused-ring (bicyclic) bond motifs is 1. The van der Waals surface area contributed by atoms with Crippen LogP contribution in [-0.4, -0.2) is 15.9 Å². The number of benzene rings is 2. The molecule has 1 atom stereocenters. The van der Waals surface area contributed by atoms with Gasteiger partial charge in [-0.1, -0.05) is 28.1 Å². The van der Waals surface area contributed by atoms with Crippen molar-refractivity contribution in [2.45, 2.75) is 12.0 Å². The first-order valence-electron chi connectivity index (χ1n) is 6.47. The maximum atomic E-state index is 12.2. The second-order valence-electron chi connectivity index (χ2n) is 5.11. The van der Waals surface area contributed by atoms with E-state index < -0.39 is 16.4 Å². The number of halogens is 1. The molecule has 0 bridgehead atoms. The van der Waals surface area contributed by atoms with Gasteiger partial charge in [0.2, 0.25) is 0 Å². The van der Waals surface area contributed by atoms with Crippen LogP contribution in [0.4, 0.5) is 11.4 Å². The van der Waals surface area contributed by atoms with Gasteiger partial charge in [-0.05, 0) is 23.8 Å². The minimum absolute atomic E-state index is 0.0377. The maximum absolute atomic E-state index is 12.2. The monoisotopic (exact) mass is 362 g/mol. The minimum Gasteiger partial charge on any atom is -0.375 e. The third kappa shape index (κ3) is 2.38. The SMILES string of the molecule is O=C1Nc2ccc(Br)cc2[C@@]1(O)Cc1cccc([N+](=O)[O-])c1. The van der Waals surface area contributed by atoms with Crippen molar-refractivity contribution in [2.24, 2.45) is 0 Å². The predicted octanol–water partition coefficient (Wildman–Crippen LogP) is 2.74. The Balaban J connectivity index is 2.01. The molecule has 0 aromatic heterocycles. The van der Waals surface area contributed by atoms with E-state index in [1.807, 2.05) is 0 Å². The standard InChI is InChI=1S/C15H11BrN2O4/c16-10-4-5-13-12(7-10)15(20,14(19)17-13)8-9-2-1-3-11(6-9)18(21)22/h1-7,20H,8H2,(H,17,19)/t15-/m0/s1. The van der Waals surface area contributed by atoms with Crippen LogP contribution in [0.5, 0.6) is 0 Å². The molecule has 112 valence electrons. The van der Waals surface area contributed by atoms with Crippen molar-refractivity contribution in [3.8, 4) is 0 Å². The predicted molar refractivity (Wildman–Crippen MR) is 83.5 cm³/mol. The summed E-state index contributed by atoms with van der Waals surface area (Å²) in [6.07, 6.45) is -0.0377. The van der Waals surface area contributed by atoms with Crippen LogP contribution in [0.25, 0.3) is 0 Å². The Kier molecular flexibility index (Phi) is 3.46. The van der Waals surface area contributed by atoms with Crippen molar-refractivity contribution in [1.29, 1.82) is 0 Å². The second kappa shape index (κ2) is 5.19. The summed E-state index contributed by atoms with van der Waals surface area (Å²) in [4.78, 5) is 22.5. The first-order chi connectivity index (χ1) is 10.4. The number of rotatable bonds is 3. The molecule has 7 heteroatoms. The first-order valence-corrected chi connectivity index (χ1v) is 7.26. The van der Waals surface area contributed by atoms with Crippen LogP contribution in [0.1, 0.15) is 11.1 Å². The number of amides is 1. The number of hydrogen-bond donors (Lipinski definition) is 2. The topological polar surface area (TPSA) is 92.5 Å². The summed E-state index contributed by atoms with van der Waals surface area (Å²) in [5.74, 6) is -0.535. The first kappa shape index (κ1) is 14.7. The normalized spacial score (nSPS) is 19.6. The fraction of sp³-hybridized carbons (Fsp3) is 0.133. The van der Waals surface area contributed by atoms with Crippen molar-refractivity contribution in [3.05, 3.63) is 68.2 Å². The number of hydrogen-bond acceptors (Lipinski definition) is 4. The van der Waals surface area contributed by atoms with Gasteiger partial charge >= 0.3 is 0 Å². The lowest BCUT2D eigenvalue weighted by Crippen LogP contribution is -2.36. The summed E-state index contributed by atoms with van der Waals surface area (Å²) in [7, 11) is 0. The molecule has 0 saturated heterocycles.